The third-order valence-corrected chi connectivity index (χ3v) is 2.15. The lowest BCUT2D eigenvalue weighted by Gasteiger charge is -2.12. The number of aromatic nitrogens is 3. The molecule has 1 rings (SSSR count). The molecule has 0 saturated heterocycles. The van der Waals surface area contributed by atoms with Crippen LogP contribution in [0.2, 0.25) is 0 Å². The highest BCUT2D eigenvalue weighted by molar-refractivity contribution is 5.06. The molecule has 2 N–H and O–H groups in total. The summed E-state index contributed by atoms with van der Waals surface area (Å²) < 4.78 is 1.90. The van der Waals surface area contributed by atoms with E-state index in [1.54, 1.807) is 0 Å². The van der Waals surface area contributed by atoms with Gasteiger partial charge in [-0.3, -0.25) is 4.68 Å². The minimum atomic E-state index is 0. The third kappa shape index (κ3) is 5.26. The first kappa shape index (κ1) is 15.1. The summed E-state index contributed by atoms with van der Waals surface area (Å²) in [7, 11) is 0. The highest BCUT2D eigenvalue weighted by atomic mass is 15.4. The zero-order valence-electron chi connectivity index (χ0n) is 11.3. The van der Waals surface area contributed by atoms with Crippen LogP contribution in [-0.2, 0) is 12.0 Å². The molecule has 0 aliphatic heterocycles. The van der Waals surface area contributed by atoms with Gasteiger partial charge in [-0.25, -0.2) is 0 Å². The van der Waals surface area contributed by atoms with Gasteiger partial charge in [-0.1, -0.05) is 39.8 Å². The van der Waals surface area contributed by atoms with Crippen LogP contribution < -0.4 is 5.73 Å². The highest BCUT2D eigenvalue weighted by Crippen LogP contribution is 2.18. The van der Waals surface area contributed by atoms with Crippen LogP contribution in [0, 0.1) is 0 Å². The maximum absolute atomic E-state index is 5.42. The van der Waals surface area contributed by atoms with Gasteiger partial charge in [0.05, 0.1) is 5.69 Å². The molecule has 1 aromatic rings. The van der Waals surface area contributed by atoms with Crippen LogP contribution in [0.5, 0.6) is 0 Å². The van der Waals surface area contributed by atoms with Gasteiger partial charge in [-0.05, 0) is 19.4 Å². The quantitative estimate of drug-likeness (QED) is 0.806. The smallest absolute Gasteiger partial charge is 0.0880 e. The van der Waals surface area contributed by atoms with Crippen molar-refractivity contribution in [2.24, 2.45) is 5.73 Å². The molecular formula is C12H28N4. The maximum Gasteiger partial charge on any atom is 0.0880 e. The third-order valence-electron chi connectivity index (χ3n) is 2.15. The first-order valence-corrected chi connectivity index (χ1v) is 6.14. The number of hydrogen-bond acceptors (Lipinski definition) is 3. The van der Waals surface area contributed by atoms with Crippen molar-refractivity contribution < 1.29 is 1.43 Å². The zero-order valence-corrected chi connectivity index (χ0v) is 11.3. The van der Waals surface area contributed by atoms with Crippen molar-refractivity contribution in [2.45, 2.75) is 59.4 Å². The van der Waals surface area contributed by atoms with Gasteiger partial charge < -0.3 is 5.73 Å². The summed E-state index contributed by atoms with van der Waals surface area (Å²) in [5.74, 6) is 0. The lowest BCUT2D eigenvalue weighted by atomic mass is 9.93. The van der Waals surface area contributed by atoms with Crippen molar-refractivity contribution in [2.75, 3.05) is 6.54 Å². The fourth-order valence-electron chi connectivity index (χ4n) is 1.17. The molecule has 0 fully saturated rings. The first-order valence-electron chi connectivity index (χ1n) is 6.14. The van der Waals surface area contributed by atoms with Crippen LogP contribution in [0.1, 0.15) is 54.6 Å². The summed E-state index contributed by atoms with van der Waals surface area (Å²) in [5, 5.41) is 8.23. The topological polar surface area (TPSA) is 56.7 Å². The van der Waals surface area contributed by atoms with E-state index in [-0.39, 0.29) is 6.84 Å². The molecule has 1 heterocycles. The Morgan fingerprint density at radius 3 is 2.38 bits per heavy atom. The van der Waals surface area contributed by atoms with Gasteiger partial charge in [0.15, 0.2) is 0 Å². The highest BCUT2D eigenvalue weighted by Gasteiger charge is 2.17. The minimum Gasteiger partial charge on any atom is -0.330 e. The fraction of sp³-hybridized carbons (Fsp3) is 0.833. The molecule has 0 aliphatic carbocycles. The molecule has 0 unspecified atom stereocenters. The predicted octanol–water partition coefficient (Wildman–Crippen LogP) is 2.59. The second kappa shape index (κ2) is 7.39. The molecule has 0 spiro atoms. The molecule has 0 atom stereocenters. The van der Waals surface area contributed by atoms with Crippen molar-refractivity contribution in [1.29, 1.82) is 0 Å². The van der Waals surface area contributed by atoms with Crippen molar-refractivity contribution in [3.8, 4) is 0 Å². The Hall–Kier alpha value is -0.900. The summed E-state index contributed by atoms with van der Waals surface area (Å²) in [6.07, 6.45) is 4.14. The van der Waals surface area contributed by atoms with E-state index < -0.39 is 0 Å². The summed E-state index contributed by atoms with van der Waals surface area (Å²) in [6, 6.07) is 0. The van der Waals surface area contributed by atoms with E-state index in [4.69, 9.17) is 5.73 Å². The molecule has 0 saturated carbocycles. The standard InChI is InChI=1S/C10H20N4.C2H6.H2/c1-10(2,3)9-8-14(13-12-9)7-5-4-6-11;1-2;/h8H,4-7,11H2,1-3H3;1-2H3;1H. The number of unbranched alkanes of at least 4 members (excludes halogenated alkanes) is 1. The van der Waals surface area contributed by atoms with Gasteiger partial charge >= 0.3 is 0 Å². The molecule has 96 valence electrons. The lowest BCUT2D eigenvalue weighted by molar-refractivity contribution is 0.544. The van der Waals surface area contributed by atoms with Crippen LogP contribution in [0.15, 0.2) is 6.20 Å². The number of nitrogens with two attached hydrogens (primary N) is 1. The molecule has 4 heteroatoms. The second-order valence-electron chi connectivity index (χ2n) is 4.61. The molecule has 1 aromatic heterocycles. The normalized spacial score (nSPS) is 10.9. The molecule has 16 heavy (non-hydrogen) atoms. The van der Waals surface area contributed by atoms with Crippen LogP contribution in [0.4, 0.5) is 0 Å². The maximum atomic E-state index is 5.42. The van der Waals surface area contributed by atoms with Crippen LogP contribution in [0.25, 0.3) is 0 Å². The molecule has 4 nitrogen and oxygen atoms in total. The lowest BCUT2D eigenvalue weighted by Crippen LogP contribution is -2.11. The number of rotatable bonds is 4. The van der Waals surface area contributed by atoms with E-state index in [0.29, 0.717) is 0 Å². The van der Waals surface area contributed by atoms with Crippen molar-refractivity contribution in [3.05, 3.63) is 11.9 Å². The average Bonchev–Trinajstić information content (AvgIpc) is 2.69. The number of aryl methyl sites for hydroxylation is 1. The number of nitrogens with zero attached hydrogens (tertiary/aromatic N) is 3. The van der Waals surface area contributed by atoms with Crippen molar-refractivity contribution >= 4 is 0 Å². The van der Waals surface area contributed by atoms with Gasteiger partial charge in [-0.15, -0.1) is 5.10 Å². The van der Waals surface area contributed by atoms with E-state index in [1.807, 2.05) is 24.7 Å². The van der Waals surface area contributed by atoms with Gasteiger partial charge in [0.2, 0.25) is 0 Å². The van der Waals surface area contributed by atoms with E-state index in [1.165, 1.54) is 0 Å². The van der Waals surface area contributed by atoms with E-state index in [2.05, 4.69) is 31.1 Å². The Balaban J connectivity index is 0. The molecule has 0 aliphatic rings. The van der Waals surface area contributed by atoms with Gasteiger partial charge in [0, 0.05) is 19.6 Å². The summed E-state index contributed by atoms with van der Waals surface area (Å²) in [5.41, 5.74) is 6.56. The predicted molar refractivity (Wildman–Crippen MR) is 70.5 cm³/mol. The monoisotopic (exact) mass is 228 g/mol. The Kier molecular flexibility index (Phi) is 6.97. The Labute approximate surface area is 101 Å². The Bertz CT molecular complexity index is 278. The molecular weight excluding hydrogens is 200 g/mol. The zero-order chi connectivity index (χ0) is 12.6. The van der Waals surface area contributed by atoms with Crippen LogP contribution in [0.3, 0.4) is 0 Å². The van der Waals surface area contributed by atoms with Crippen molar-refractivity contribution in [3.63, 3.8) is 0 Å². The number of hydrogen-bond donors (Lipinski definition) is 1. The second-order valence-corrected chi connectivity index (χ2v) is 4.61. The van der Waals surface area contributed by atoms with E-state index in [0.717, 1.165) is 31.6 Å². The average molecular weight is 228 g/mol. The molecule has 0 bridgehead atoms. The molecule has 0 radical (unpaired) electrons. The largest absolute Gasteiger partial charge is 0.330 e. The van der Waals surface area contributed by atoms with E-state index >= 15 is 0 Å². The molecule has 0 aromatic carbocycles. The fourth-order valence-corrected chi connectivity index (χ4v) is 1.17. The van der Waals surface area contributed by atoms with Crippen LogP contribution >= 0.6 is 0 Å². The SMILES string of the molecule is CC.CC(C)(C)c1cn(CCCCN)nn1.[HH]. The Morgan fingerprint density at radius 2 is 1.94 bits per heavy atom. The minimum absolute atomic E-state index is 0. The van der Waals surface area contributed by atoms with Gasteiger partial charge in [0.25, 0.3) is 0 Å². The first-order chi connectivity index (χ1) is 7.54. The molecule has 0 amide bonds. The summed E-state index contributed by atoms with van der Waals surface area (Å²) in [6.45, 7) is 12.1. The Morgan fingerprint density at radius 1 is 1.31 bits per heavy atom. The van der Waals surface area contributed by atoms with Gasteiger partial charge in [0.1, 0.15) is 0 Å². The van der Waals surface area contributed by atoms with Crippen LogP contribution in [-0.4, -0.2) is 21.5 Å². The van der Waals surface area contributed by atoms with Crippen molar-refractivity contribution in [1.82, 2.24) is 15.0 Å². The van der Waals surface area contributed by atoms with Gasteiger partial charge in [-0.2, -0.15) is 0 Å². The van der Waals surface area contributed by atoms with E-state index in [9.17, 15) is 0 Å². The summed E-state index contributed by atoms with van der Waals surface area (Å²) in [4.78, 5) is 0. The summed E-state index contributed by atoms with van der Waals surface area (Å²) >= 11 is 0.